The van der Waals surface area contributed by atoms with Crippen molar-refractivity contribution in [3.05, 3.63) is 28.8 Å². The van der Waals surface area contributed by atoms with E-state index in [9.17, 15) is 10.2 Å². The van der Waals surface area contributed by atoms with Crippen LogP contribution in [0.15, 0.2) is 18.2 Å². The monoisotopic (exact) mass is 212 g/mol. The third kappa shape index (κ3) is 1.72. The first-order valence-corrected chi connectivity index (χ1v) is 5.12. The Morgan fingerprint density at radius 3 is 2.57 bits per heavy atom. The highest BCUT2D eigenvalue weighted by Crippen LogP contribution is 2.49. The fraction of sp³-hybridized carbons (Fsp3) is 0.455. The summed E-state index contributed by atoms with van der Waals surface area (Å²) in [6, 6.07) is 5.12. The van der Waals surface area contributed by atoms with Crippen LogP contribution in [-0.2, 0) is 6.42 Å². The molecule has 0 aromatic heterocycles. The van der Waals surface area contributed by atoms with Crippen molar-refractivity contribution in [3.63, 3.8) is 0 Å². The first kappa shape index (κ1) is 9.81. The first-order chi connectivity index (χ1) is 6.67. The van der Waals surface area contributed by atoms with Crippen molar-refractivity contribution in [3.8, 4) is 5.75 Å². The summed E-state index contributed by atoms with van der Waals surface area (Å²) in [5, 5.41) is 19.4. The van der Waals surface area contributed by atoms with E-state index in [1.165, 1.54) is 0 Å². The van der Waals surface area contributed by atoms with E-state index in [1.807, 2.05) is 0 Å². The van der Waals surface area contributed by atoms with Crippen molar-refractivity contribution in [2.75, 3.05) is 6.61 Å². The standard InChI is InChI=1S/C11H13ClO2/c12-9-2-1-3-10(14)8(9)6-11(7-13)4-5-11/h1-3,13-14H,4-7H2. The van der Waals surface area contributed by atoms with E-state index in [0.29, 0.717) is 11.4 Å². The van der Waals surface area contributed by atoms with Crippen LogP contribution in [0.25, 0.3) is 0 Å². The molecule has 1 aliphatic rings. The molecule has 0 aliphatic heterocycles. The minimum Gasteiger partial charge on any atom is -0.508 e. The van der Waals surface area contributed by atoms with Crippen LogP contribution in [0.5, 0.6) is 5.75 Å². The highest BCUT2D eigenvalue weighted by atomic mass is 35.5. The van der Waals surface area contributed by atoms with E-state index < -0.39 is 0 Å². The Labute approximate surface area is 88.1 Å². The van der Waals surface area contributed by atoms with Gasteiger partial charge in [-0.25, -0.2) is 0 Å². The number of phenolic OH excluding ortho intramolecular Hbond substituents is 1. The Morgan fingerprint density at radius 2 is 2.07 bits per heavy atom. The summed E-state index contributed by atoms with van der Waals surface area (Å²) in [5.74, 6) is 0.234. The van der Waals surface area contributed by atoms with Crippen LogP contribution in [0.3, 0.4) is 0 Å². The van der Waals surface area contributed by atoms with Crippen LogP contribution in [0.1, 0.15) is 18.4 Å². The lowest BCUT2D eigenvalue weighted by Gasteiger charge is -2.13. The lowest BCUT2D eigenvalue weighted by molar-refractivity contribution is 0.210. The van der Waals surface area contributed by atoms with Crippen LogP contribution in [0, 0.1) is 5.41 Å². The Kier molecular flexibility index (Phi) is 2.41. The second-order valence-electron chi connectivity index (χ2n) is 4.07. The molecule has 14 heavy (non-hydrogen) atoms. The van der Waals surface area contributed by atoms with Gasteiger partial charge in [-0.1, -0.05) is 17.7 Å². The molecule has 3 heteroatoms. The van der Waals surface area contributed by atoms with E-state index in [1.54, 1.807) is 18.2 Å². The number of aliphatic hydroxyl groups is 1. The fourth-order valence-corrected chi connectivity index (χ4v) is 1.90. The van der Waals surface area contributed by atoms with Gasteiger partial charge in [-0.05, 0) is 36.8 Å². The SMILES string of the molecule is OCC1(Cc2c(O)cccc2Cl)CC1. The lowest BCUT2D eigenvalue weighted by atomic mass is 9.97. The largest absolute Gasteiger partial charge is 0.508 e. The number of benzene rings is 1. The van der Waals surface area contributed by atoms with Gasteiger partial charge in [0.15, 0.2) is 0 Å². The minimum absolute atomic E-state index is 0.0114. The maximum absolute atomic E-state index is 9.61. The molecule has 1 saturated carbocycles. The predicted octanol–water partition coefficient (Wildman–Crippen LogP) is 2.36. The third-order valence-electron chi connectivity index (χ3n) is 2.94. The van der Waals surface area contributed by atoms with E-state index in [0.717, 1.165) is 18.4 Å². The molecule has 1 aromatic carbocycles. The number of aromatic hydroxyl groups is 1. The van der Waals surface area contributed by atoms with Crippen LogP contribution in [-0.4, -0.2) is 16.8 Å². The second-order valence-corrected chi connectivity index (χ2v) is 4.48. The lowest BCUT2D eigenvalue weighted by Crippen LogP contribution is -2.10. The average Bonchev–Trinajstić information content (AvgIpc) is 2.93. The third-order valence-corrected chi connectivity index (χ3v) is 3.29. The Morgan fingerprint density at radius 1 is 1.36 bits per heavy atom. The summed E-state index contributed by atoms with van der Waals surface area (Å²) in [6.07, 6.45) is 2.72. The molecule has 76 valence electrons. The van der Waals surface area contributed by atoms with Crippen molar-refractivity contribution in [1.29, 1.82) is 0 Å². The van der Waals surface area contributed by atoms with Gasteiger partial charge in [0.1, 0.15) is 5.75 Å². The van der Waals surface area contributed by atoms with Gasteiger partial charge in [0.25, 0.3) is 0 Å². The van der Waals surface area contributed by atoms with Crippen molar-refractivity contribution in [2.45, 2.75) is 19.3 Å². The summed E-state index contributed by atoms with van der Waals surface area (Å²) in [7, 11) is 0. The van der Waals surface area contributed by atoms with E-state index in [-0.39, 0.29) is 17.8 Å². The molecule has 2 nitrogen and oxygen atoms in total. The number of rotatable bonds is 3. The summed E-state index contributed by atoms with van der Waals surface area (Å²) in [4.78, 5) is 0. The normalized spacial score (nSPS) is 18.1. The molecule has 1 fully saturated rings. The van der Waals surface area contributed by atoms with Gasteiger partial charge in [0.05, 0.1) is 0 Å². The fourth-order valence-electron chi connectivity index (χ4n) is 1.66. The number of aliphatic hydroxyl groups excluding tert-OH is 1. The highest BCUT2D eigenvalue weighted by Gasteiger charge is 2.42. The molecular formula is C11H13ClO2. The smallest absolute Gasteiger partial charge is 0.120 e. The molecule has 0 saturated heterocycles. The van der Waals surface area contributed by atoms with Gasteiger partial charge in [0, 0.05) is 17.2 Å². The zero-order chi connectivity index (χ0) is 10.2. The maximum Gasteiger partial charge on any atom is 0.120 e. The van der Waals surface area contributed by atoms with Crippen LogP contribution in [0.2, 0.25) is 5.02 Å². The molecule has 0 heterocycles. The van der Waals surface area contributed by atoms with E-state index in [2.05, 4.69) is 0 Å². The number of halogens is 1. The van der Waals surface area contributed by atoms with Gasteiger partial charge in [-0.3, -0.25) is 0 Å². The van der Waals surface area contributed by atoms with Gasteiger partial charge < -0.3 is 10.2 Å². The molecule has 0 bridgehead atoms. The van der Waals surface area contributed by atoms with E-state index in [4.69, 9.17) is 11.6 Å². The molecule has 0 radical (unpaired) electrons. The zero-order valence-corrected chi connectivity index (χ0v) is 8.59. The molecule has 1 aromatic rings. The zero-order valence-electron chi connectivity index (χ0n) is 7.83. The van der Waals surface area contributed by atoms with Crippen LogP contribution >= 0.6 is 11.6 Å². The van der Waals surface area contributed by atoms with Crippen molar-refractivity contribution in [2.24, 2.45) is 5.41 Å². The van der Waals surface area contributed by atoms with Crippen molar-refractivity contribution in [1.82, 2.24) is 0 Å². The Hall–Kier alpha value is -0.730. The molecule has 0 unspecified atom stereocenters. The minimum atomic E-state index is -0.0114. The molecule has 2 rings (SSSR count). The Balaban J connectivity index is 2.24. The summed E-state index contributed by atoms with van der Waals surface area (Å²) >= 11 is 5.98. The molecule has 0 spiro atoms. The quantitative estimate of drug-likeness (QED) is 0.808. The van der Waals surface area contributed by atoms with Gasteiger partial charge in [-0.2, -0.15) is 0 Å². The highest BCUT2D eigenvalue weighted by molar-refractivity contribution is 6.31. The molecule has 1 aliphatic carbocycles. The molecular weight excluding hydrogens is 200 g/mol. The maximum atomic E-state index is 9.61. The van der Waals surface area contributed by atoms with Gasteiger partial charge >= 0.3 is 0 Å². The topological polar surface area (TPSA) is 40.5 Å². The number of hydrogen-bond acceptors (Lipinski definition) is 2. The predicted molar refractivity (Wildman–Crippen MR) is 55.6 cm³/mol. The molecule has 2 N–H and O–H groups in total. The summed E-state index contributed by atoms with van der Waals surface area (Å²) < 4.78 is 0. The van der Waals surface area contributed by atoms with Gasteiger partial charge in [0.2, 0.25) is 0 Å². The number of hydrogen-bond donors (Lipinski definition) is 2. The van der Waals surface area contributed by atoms with Crippen molar-refractivity contribution < 1.29 is 10.2 Å². The average molecular weight is 213 g/mol. The molecule has 0 amide bonds. The number of phenols is 1. The first-order valence-electron chi connectivity index (χ1n) is 4.74. The second kappa shape index (κ2) is 3.44. The summed E-state index contributed by atoms with van der Waals surface area (Å²) in [6.45, 7) is 0.178. The Bertz CT molecular complexity index is 325. The summed E-state index contributed by atoms with van der Waals surface area (Å²) in [5.41, 5.74) is 0.753. The van der Waals surface area contributed by atoms with Crippen molar-refractivity contribution >= 4 is 11.6 Å². The van der Waals surface area contributed by atoms with Gasteiger partial charge in [-0.15, -0.1) is 0 Å². The molecule has 0 atom stereocenters. The van der Waals surface area contributed by atoms with E-state index >= 15 is 0 Å². The van der Waals surface area contributed by atoms with Crippen LogP contribution in [0.4, 0.5) is 0 Å². The van der Waals surface area contributed by atoms with Crippen LogP contribution < -0.4 is 0 Å².